The number of ether oxygens (including phenoxy) is 9. The Hall–Kier alpha value is -7.53. The number of hydrogen-bond acceptors (Lipinski definition) is 18. The number of ketones is 1. The van der Waals surface area contributed by atoms with Crippen molar-refractivity contribution in [3.8, 4) is 17.6 Å². The molecule has 2 N–H and O–H groups in total. The Bertz CT molecular complexity index is 3400. The number of nitrogens with one attached hydrogen (secondary N) is 1. The highest BCUT2D eigenvalue weighted by Crippen LogP contribution is 2.50. The summed E-state index contributed by atoms with van der Waals surface area (Å²) in [6.07, 6.45) is 2.90. The zero-order valence-corrected chi connectivity index (χ0v) is 57.1. The van der Waals surface area contributed by atoms with Crippen LogP contribution in [-0.4, -0.2) is 204 Å². The number of nitrogens with zero attached hydrogens (tertiary/aromatic N) is 4. The summed E-state index contributed by atoms with van der Waals surface area (Å²) in [6, 6.07) is 17.0. The molecule has 5 heterocycles. The number of rotatable bonds is 28. The molecule has 5 amide bonds. The number of methoxy groups -OCH3 is 2. The van der Waals surface area contributed by atoms with Crippen molar-refractivity contribution in [1.29, 1.82) is 0 Å². The van der Waals surface area contributed by atoms with Gasteiger partial charge in [0.05, 0.1) is 96.8 Å². The molecule has 0 aromatic heterocycles. The van der Waals surface area contributed by atoms with Gasteiger partial charge in [0, 0.05) is 89.9 Å². The molecule has 24 heteroatoms. The number of allylic oxidation sites excluding steroid dienone is 3. The van der Waals surface area contributed by atoms with Gasteiger partial charge in [0.15, 0.2) is 0 Å². The van der Waals surface area contributed by atoms with Gasteiger partial charge in [0.2, 0.25) is 29.5 Å². The van der Waals surface area contributed by atoms with Gasteiger partial charge in [-0.1, -0.05) is 84.5 Å². The Morgan fingerprint density at radius 2 is 1.53 bits per heavy atom. The number of halogens is 1. The second-order valence-corrected chi connectivity index (χ2v) is 25.6. The van der Waals surface area contributed by atoms with E-state index in [1.165, 1.54) is 42.9 Å². The molecular weight excluding hydrogens is 1260 g/mol. The lowest BCUT2D eigenvalue weighted by Gasteiger charge is -2.41. The lowest BCUT2D eigenvalue weighted by molar-refractivity contribution is -0.187. The summed E-state index contributed by atoms with van der Waals surface area (Å²) in [5.74, 6) is 3.01. The third kappa shape index (κ3) is 19.6. The molecule has 23 nitrogen and oxygen atoms in total. The zero-order valence-electron chi connectivity index (χ0n) is 56.4. The van der Waals surface area contributed by atoms with E-state index in [1.54, 1.807) is 50.1 Å². The molecule has 96 heavy (non-hydrogen) atoms. The summed E-state index contributed by atoms with van der Waals surface area (Å²) in [5.41, 5.74) is 2.41. The summed E-state index contributed by atoms with van der Waals surface area (Å²) in [6.45, 7) is 10.2. The van der Waals surface area contributed by atoms with Crippen LogP contribution in [0.4, 0.5) is 11.4 Å². The van der Waals surface area contributed by atoms with Gasteiger partial charge >= 0.3 is 11.9 Å². The first-order valence-electron chi connectivity index (χ1n) is 33.0. The molecule has 0 unspecified atom stereocenters. The van der Waals surface area contributed by atoms with Crippen molar-refractivity contribution in [2.24, 2.45) is 5.92 Å². The van der Waals surface area contributed by atoms with Gasteiger partial charge in [-0.15, -0.1) is 0 Å². The number of aliphatic hydroxyl groups is 1. The maximum absolute atomic E-state index is 14.4. The summed E-state index contributed by atoms with van der Waals surface area (Å²) in [5, 5.41) is 15.1. The molecule has 0 spiro atoms. The lowest BCUT2D eigenvalue weighted by atomic mass is 9.78. The van der Waals surface area contributed by atoms with Crippen LogP contribution in [-0.2, 0) is 89.2 Å². The fourth-order valence-electron chi connectivity index (χ4n) is 12.5. The second kappa shape index (κ2) is 35.1. The minimum absolute atomic E-state index is 0.00411. The number of esters is 2. The third-order valence-electron chi connectivity index (χ3n) is 18.4. The van der Waals surface area contributed by atoms with Gasteiger partial charge < -0.3 is 72.7 Å². The monoisotopic (exact) mass is 1350 g/mol. The maximum atomic E-state index is 14.4. The number of fused-ring (bicyclic) bond motifs is 7. The number of anilines is 2. The first kappa shape index (κ1) is 74.3. The minimum atomic E-state index is -1.64. The number of likely N-dealkylation sites (N-methyl/N-ethyl adjacent to an activating group) is 1. The van der Waals surface area contributed by atoms with Crippen LogP contribution in [0.25, 0.3) is 0 Å². The molecule has 520 valence electrons. The second-order valence-electron chi connectivity index (χ2n) is 25.3. The molecule has 4 bridgehead atoms. The van der Waals surface area contributed by atoms with Crippen LogP contribution in [0.3, 0.4) is 0 Å². The smallest absolute Gasteiger partial charge is 0.328 e. The Balaban J connectivity index is 0.710. The number of epoxide rings is 1. The standard InChI is InChI=1S/C72H92ClN5O18/c1-47-16-13-22-60(89-8)72(87)44-59(94-66(84)45-72)48(2)68-71(4,96-68)61(43-65(83)76(6)57-41-50(40-47)42-58(88-7)67(57)73)95-70(86)49(3)75(5)62(80)23-14-24-63(81)77-31-15-21-56(77)69(85)74-30-33-91-35-37-93-39-38-92-36-34-90-32-29-54(79)27-28-64(82)78-46-53-19-10-9-17-51(53)25-26-52-18-11-12-20-55(52)78/h9-13,16-20,22,41-42,48-49,56,59-61,68,87H,14-15,21,23-24,27-40,43-46H2,1-8H3,(H,74,85)/b22-13+,47-16+/t48-,49+,56-,59+,60-,61+,68+,71+,72-/m1/s1. The van der Waals surface area contributed by atoms with Gasteiger partial charge in [0.1, 0.15) is 58.2 Å². The highest BCUT2D eigenvalue weighted by Gasteiger charge is 2.64. The van der Waals surface area contributed by atoms with Crippen LogP contribution in [0.15, 0.2) is 84.5 Å². The van der Waals surface area contributed by atoms with Gasteiger partial charge in [-0.05, 0) is 87.9 Å². The van der Waals surface area contributed by atoms with E-state index in [1.807, 2.05) is 61.5 Å². The summed E-state index contributed by atoms with van der Waals surface area (Å²) >= 11 is 6.85. The number of hydrogen-bond donors (Lipinski definition) is 2. The largest absolute Gasteiger partial charge is 0.495 e. The normalized spacial score (nSPS) is 24.4. The van der Waals surface area contributed by atoms with Gasteiger partial charge in [-0.3, -0.25) is 33.6 Å². The molecule has 8 rings (SSSR count). The van der Waals surface area contributed by atoms with Crippen molar-refractivity contribution < 1.29 is 86.1 Å². The van der Waals surface area contributed by atoms with E-state index >= 15 is 0 Å². The first-order chi connectivity index (χ1) is 46.0. The van der Waals surface area contributed by atoms with Gasteiger partial charge in [-0.25, -0.2) is 4.79 Å². The molecule has 3 aromatic carbocycles. The van der Waals surface area contributed by atoms with Crippen LogP contribution >= 0.6 is 11.6 Å². The van der Waals surface area contributed by atoms with E-state index in [-0.39, 0.29) is 113 Å². The van der Waals surface area contributed by atoms with Crippen molar-refractivity contribution in [2.75, 3.05) is 104 Å². The maximum Gasteiger partial charge on any atom is 0.328 e. The zero-order chi connectivity index (χ0) is 69.1. The molecule has 9 atom stereocenters. The Labute approximate surface area is 567 Å². The van der Waals surface area contributed by atoms with E-state index in [9.17, 15) is 43.5 Å². The predicted octanol–water partition coefficient (Wildman–Crippen LogP) is 6.79. The Kier molecular flexibility index (Phi) is 27.2. The van der Waals surface area contributed by atoms with Crippen LogP contribution < -0.4 is 19.9 Å². The van der Waals surface area contributed by atoms with Gasteiger partial charge in [0.25, 0.3) is 0 Å². The van der Waals surface area contributed by atoms with E-state index in [0.717, 1.165) is 33.5 Å². The molecule has 0 saturated carbocycles. The fourth-order valence-corrected chi connectivity index (χ4v) is 12.9. The van der Waals surface area contributed by atoms with E-state index in [4.69, 9.17) is 54.2 Å². The molecule has 0 radical (unpaired) electrons. The SMILES string of the molecule is COc1cc2cc(c1Cl)N(C)C(=O)C[C@H](OC(=O)[C@H](C)N(C)C(=O)CCCC(=O)N1CCC[C@@H]1C(=O)NCCOCCOCCOCCOCCC(=O)CCC(=O)N1Cc3ccccc3C#Cc3ccccc31)[C@]1(C)O[C@H]1[C@H](C)[C@@H]1C[C@@](O)(CC(=O)O1)[C@H](OC)/C=C/C=C(\C)C2. The summed E-state index contributed by atoms with van der Waals surface area (Å²) in [7, 11) is 5.93. The number of para-hydroxylation sites is 1. The summed E-state index contributed by atoms with van der Waals surface area (Å²) < 4.78 is 52.1. The topological polar surface area (TPSA) is 268 Å². The minimum Gasteiger partial charge on any atom is -0.495 e. The van der Waals surface area contributed by atoms with Crippen molar-refractivity contribution in [3.05, 3.63) is 112 Å². The molecule has 0 aliphatic carbocycles. The molecule has 3 aromatic rings. The predicted molar refractivity (Wildman–Crippen MR) is 356 cm³/mol. The number of amides is 5. The highest BCUT2D eigenvalue weighted by atomic mass is 35.5. The number of carbonyl (C=O) groups excluding carboxylic acids is 8. The third-order valence-corrected chi connectivity index (χ3v) is 18.8. The van der Waals surface area contributed by atoms with Crippen molar-refractivity contribution >= 4 is 70.2 Å². The average molecular weight is 1350 g/mol. The Morgan fingerprint density at radius 1 is 0.854 bits per heavy atom. The van der Waals surface area contributed by atoms with E-state index < -0.39 is 77.4 Å². The Morgan fingerprint density at radius 3 is 2.25 bits per heavy atom. The number of Topliss-reactive ketones (excluding diaryl/α,β-unsaturated/α-hetero) is 1. The summed E-state index contributed by atoms with van der Waals surface area (Å²) in [4.78, 5) is 114. The number of likely N-dealkylation sites (tertiary alicyclic amines) is 1. The number of benzene rings is 3. The van der Waals surface area contributed by atoms with Crippen molar-refractivity contribution in [1.82, 2.24) is 15.1 Å². The average Bonchev–Trinajstić information content (AvgIpc) is 1.56. The quantitative estimate of drug-likeness (QED) is 0.0328. The van der Waals surface area contributed by atoms with Crippen LogP contribution in [0, 0.1) is 17.8 Å². The van der Waals surface area contributed by atoms with Gasteiger partial charge in [-0.2, -0.15) is 0 Å². The van der Waals surface area contributed by atoms with Crippen molar-refractivity contribution in [2.45, 2.75) is 159 Å². The lowest BCUT2D eigenvalue weighted by Crippen LogP contribution is -2.53. The van der Waals surface area contributed by atoms with E-state index in [2.05, 4.69) is 17.2 Å². The van der Waals surface area contributed by atoms with E-state index in [0.29, 0.717) is 76.8 Å². The fraction of sp³-hybridized carbons (Fsp3) is 0.556. The first-order valence-corrected chi connectivity index (χ1v) is 33.4. The molecule has 3 fully saturated rings. The van der Waals surface area contributed by atoms with Crippen LogP contribution in [0.2, 0.25) is 5.02 Å². The van der Waals surface area contributed by atoms with Crippen molar-refractivity contribution in [3.63, 3.8) is 0 Å². The molecule has 5 aliphatic heterocycles. The highest BCUT2D eigenvalue weighted by molar-refractivity contribution is 6.35. The number of carbonyl (C=O) groups is 8. The molecular formula is C72H92ClN5O18. The molecule has 3 saturated heterocycles. The van der Waals surface area contributed by atoms with Crippen LogP contribution in [0.5, 0.6) is 5.75 Å². The molecule has 5 aliphatic rings. The van der Waals surface area contributed by atoms with Crippen LogP contribution in [0.1, 0.15) is 121 Å².